The standard InChI is InChI=1S/C25H21NO3/c1-29-24(28)22-15-16-23(27)26(22)25(17-9-3-2-4-10-17)20-13-7-5-11-18(20)19-12-6-8-14-21(19)25/h2-14,22H,15-16H2,1H3/t22-/m0/s1. The minimum absolute atomic E-state index is 0.0317. The number of ether oxygens (including phenoxy) is 1. The van der Waals surface area contributed by atoms with Crippen LogP contribution >= 0.6 is 0 Å². The molecule has 1 atom stereocenters. The maximum atomic E-state index is 13.3. The first-order valence-corrected chi connectivity index (χ1v) is 9.84. The molecule has 4 heteroatoms. The molecular formula is C25H21NO3. The van der Waals surface area contributed by atoms with E-state index < -0.39 is 11.6 Å². The smallest absolute Gasteiger partial charge is 0.328 e. The zero-order valence-electron chi connectivity index (χ0n) is 16.2. The third kappa shape index (κ3) is 2.32. The van der Waals surface area contributed by atoms with Gasteiger partial charge in [0.25, 0.3) is 0 Å². The number of carbonyl (C=O) groups excluding carboxylic acids is 2. The van der Waals surface area contributed by atoms with Gasteiger partial charge in [-0.25, -0.2) is 4.79 Å². The van der Waals surface area contributed by atoms with Crippen molar-refractivity contribution >= 4 is 11.9 Å². The van der Waals surface area contributed by atoms with Crippen molar-refractivity contribution in [1.82, 2.24) is 4.90 Å². The Kier molecular flexibility index (Phi) is 4.02. The van der Waals surface area contributed by atoms with E-state index in [1.54, 1.807) is 4.90 Å². The third-order valence-electron chi connectivity index (χ3n) is 6.16. The minimum atomic E-state index is -0.860. The highest BCUT2D eigenvalue weighted by molar-refractivity contribution is 5.93. The first-order chi connectivity index (χ1) is 14.2. The summed E-state index contributed by atoms with van der Waals surface area (Å²) in [4.78, 5) is 27.8. The van der Waals surface area contributed by atoms with Crippen molar-refractivity contribution in [3.8, 4) is 11.1 Å². The summed E-state index contributed by atoms with van der Waals surface area (Å²) in [6, 6.07) is 25.7. The van der Waals surface area contributed by atoms with Gasteiger partial charge in [-0.2, -0.15) is 0 Å². The third-order valence-corrected chi connectivity index (χ3v) is 6.16. The molecule has 0 bridgehead atoms. The molecule has 1 fully saturated rings. The van der Waals surface area contributed by atoms with Crippen LogP contribution in [0.2, 0.25) is 0 Å². The molecule has 0 spiro atoms. The molecule has 0 unspecified atom stereocenters. The second-order valence-corrected chi connectivity index (χ2v) is 7.51. The molecule has 144 valence electrons. The van der Waals surface area contributed by atoms with Crippen molar-refractivity contribution in [1.29, 1.82) is 0 Å². The van der Waals surface area contributed by atoms with Crippen LogP contribution in [-0.4, -0.2) is 29.9 Å². The van der Waals surface area contributed by atoms with Crippen molar-refractivity contribution in [2.75, 3.05) is 7.11 Å². The second kappa shape index (κ2) is 6.59. The predicted molar refractivity (Wildman–Crippen MR) is 110 cm³/mol. The summed E-state index contributed by atoms with van der Waals surface area (Å²) in [5, 5.41) is 0. The van der Waals surface area contributed by atoms with Crippen LogP contribution in [0.5, 0.6) is 0 Å². The van der Waals surface area contributed by atoms with Crippen molar-refractivity contribution in [3.63, 3.8) is 0 Å². The lowest BCUT2D eigenvalue weighted by Crippen LogP contribution is -2.53. The Balaban J connectivity index is 1.90. The Morgan fingerprint density at radius 1 is 0.897 bits per heavy atom. The Labute approximate surface area is 169 Å². The van der Waals surface area contributed by atoms with Gasteiger partial charge in [0, 0.05) is 6.42 Å². The van der Waals surface area contributed by atoms with Crippen molar-refractivity contribution < 1.29 is 14.3 Å². The quantitative estimate of drug-likeness (QED) is 0.639. The highest BCUT2D eigenvalue weighted by Gasteiger charge is 2.56. The van der Waals surface area contributed by atoms with Crippen LogP contribution in [0.4, 0.5) is 0 Å². The van der Waals surface area contributed by atoms with E-state index in [0.717, 1.165) is 27.8 Å². The number of fused-ring (bicyclic) bond motifs is 3. The van der Waals surface area contributed by atoms with E-state index >= 15 is 0 Å². The van der Waals surface area contributed by atoms with Crippen LogP contribution in [0.3, 0.4) is 0 Å². The monoisotopic (exact) mass is 383 g/mol. The molecule has 0 radical (unpaired) electrons. The Morgan fingerprint density at radius 2 is 1.45 bits per heavy atom. The number of hydrogen-bond acceptors (Lipinski definition) is 3. The molecule has 2 aliphatic rings. The number of nitrogens with zero attached hydrogens (tertiary/aromatic N) is 1. The lowest BCUT2D eigenvalue weighted by Gasteiger charge is -2.43. The lowest BCUT2D eigenvalue weighted by atomic mass is 9.78. The first-order valence-electron chi connectivity index (χ1n) is 9.84. The van der Waals surface area contributed by atoms with Crippen LogP contribution in [0.25, 0.3) is 11.1 Å². The maximum Gasteiger partial charge on any atom is 0.328 e. The fourth-order valence-corrected chi connectivity index (χ4v) is 5.06. The fraction of sp³-hybridized carbons (Fsp3) is 0.200. The number of likely N-dealkylation sites (tertiary alicyclic amines) is 1. The molecule has 1 heterocycles. The summed E-state index contributed by atoms with van der Waals surface area (Å²) in [7, 11) is 1.38. The van der Waals surface area contributed by atoms with Gasteiger partial charge in [0.1, 0.15) is 11.6 Å². The van der Waals surface area contributed by atoms with Crippen molar-refractivity contribution in [3.05, 3.63) is 95.6 Å². The molecule has 1 aliphatic carbocycles. The second-order valence-electron chi connectivity index (χ2n) is 7.51. The van der Waals surface area contributed by atoms with Gasteiger partial charge in [-0.1, -0.05) is 78.9 Å². The largest absolute Gasteiger partial charge is 0.467 e. The highest BCUT2D eigenvalue weighted by Crippen LogP contribution is 2.56. The van der Waals surface area contributed by atoms with Gasteiger partial charge < -0.3 is 9.64 Å². The first kappa shape index (κ1) is 17.7. The Bertz CT molecular complexity index is 1060. The van der Waals surface area contributed by atoms with Crippen LogP contribution < -0.4 is 0 Å². The summed E-state index contributed by atoms with van der Waals surface area (Å²) in [5.41, 5.74) is 4.35. The normalized spacial score (nSPS) is 19.0. The van der Waals surface area contributed by atoms with E-state index in [1.807, 2.05) is 54.6 Å². The predicted octanol–water partition coefficient (Wildman–Crippen LogP) is 4.12. The number of rotatable bonds is 3. The molecule has 1 aliphatic heterocycles. The lowest BCUT2D eigenvalue weighted by molar-refractivity contribution is -0.152. The number of amides is 1. The van der Waals surface area contributed by atoms with Crippen LogP contribution in [-0.2, 0) is 19.9 Å². The van der Waals surface area contributed by atoms with Gasteiger partial charge in [-0.15, -0.1) is 0 Å². The van der Waals surface area contributed by atoms with Gasteiger partial charge in [0.15, 0.2) is 0 Å². The Hall–Kier alpha value is -3.40. The zero-order chi connectivity index (χ0) is 20.0. The molecule has 3 aromatic rings. The average molecular weight is 383 g/mol. The van der Waals surface area contributed by atoms with Gasteiger partial charge in [0.2, 0.25) is 5.91 Å². The molecule has 3 aromatic carbocycles. The fourth-order valence-electron chi connectivity index (χ4n) is 5.06. The maximum absolute atomic E-state index is 13.3. The number of esters is 1. The van der Waals surface area contributed by atoms with Crippen molar-refractivity contribution in [2.24, 2.45) is 0 Å². The molecule has 5 rings (SSSR count). The summed E-state index contributed by atoms with van der Waals surface area (Å²) in [5.74, 6) is -0.399. The van der Waals surface area contributed by atoms with Crippen LogP contribution in [0, 0.1) is 0 Å². The van der Waals surface area contributed by atoms with Gasteiger partial charge in [0.05, 0.1) is 7.11 Å². The minimum Gasteiger partial charge on any atom is -0.467 e. The van der Waals surface area contributed by atoms with E-state index in [-0.39, 0.29) is 11.9 Å². The van der Waals surface area contributed by atoms with E-state index in [0.29, 0.717) is 12.8 Å². The molecule has 0 aromatic heterocycles. The van der Waals surface area contributed by atoms with Crippen LogP contribution in [0.1, 0.15) is 29.5 Å². The Morgan fingerprint density at radius 3 is 2.03 bits per heavy atom. The van der Waals surface area contributed by atoms with E-state index in [9.17, 15) is 9.59 Å². The average Bonchev–Trinajstić information content (AvgIpc) is 3.30. The SMILES string of the molecule is COC(=O)[C@@H]1CCC(=O)N1C1(c2ccccc2)c2ccccc2-c2ccccc21. The van der Waals surface area contributed by atoms with Gasteiger partial charge in [-0.3, -0.25) is 4.79 Å². The van der Waals surface area contributed by atoms with E-state index in [2.05, 4.69) is 24.3 Å². The summed E-state index contributed by atoms with van der Waals surface area (Å²) in [6.45, 7) is 0. The van der Waals surface area contributed by atoms with Crippen molar-refractivity contribution in [2.45, 2.75) is 24.4 Å². The van der Waals surface area contributed by atoms with E-state index in [4.69, 9.17) is 4.74 Å². The van der Waals surface area contributed by atoms with Gasteiger partial charge >= 0.3 is 5.97 Å². The molecule has 1 amide bonds. The number of methoxy groups -OCH3 is 1. The zero-order valence-corrected chi connectivity index (χ0v) is 16.2. The summed E-state index contributed by atoms with van der Waals surface area (Å²) in [6.07, 6.45) is 0.795. The molecule has 0 N–H and O–H groups in total. The molecule has 0 saturated carbocycles. The highest BCUT2D eigenvalue weighted by atomic mass is 16.5. The number of carbonyl (C=O) groups is 2. The van der Waals surface area contributed by atoms with E-state index in [1.165, 1.54) is 7.11 Å². The summed E-state index contributed by atoms with van der Waals surface area (Å²) >= 11 is 0. The molecule has 29 heavy (non-hydrogen) atoms. The molecule has 4 nitrogen and oxygen atoms in total. The van der Waals surface area contributed by atoms with Crippen LogP contribution in [0.15, 0.2) is 78.9 Å². The molecule has 1 saturated heterocycles. The summed E-state index contributed by atoms with van der Waals surface area (Å²) < 4.78 is 5.10. The molecular weight excluding hydrogens is 362 g/mol. The topological polar surface area (TPSA) is 46.6 Å². The number of benzene rings is 3. The van der Waals surface area contributed by atoms with Gasteiger partial charge in [-0.05, 0) is 34.2 Å². The number of hydrogen-bond donors (Lipinski definition) is 0.